The highest BCUT2D eigenvalue weighted by atomic mass is 16.1. The maximum absolute atomic E-state index is 11.5. The Bertz CT molecular complexity index is 284. The molecule has 15 heavy (non-hydrogen) atoms. The molecule has 0 bridgehead atoms. The van der Waals surface area contributed by atoms with E-state index in [9.17, 15) is 4.79 Å². The van der Waals surface area contributed by atoms with E-state index in [2.05, 4.69) is 15.3 Å². The van der Waals surface area contributed by atoms with Crippen LogP contribution in [0.2, 0.25) is 0 Å². The molecule has 0 aliphatic carbocycles. The van der Waals surface area contributed by atoms with E-state index >= 15 is 0 Å². The van der Waals surface area contributed by atoms with Crippen LogP contribution in [0.1, 0.15) is 19.0 Å². The van der Waals surface area contributed by atoms with Crippen LogP contribution in [0.15, 0.2) is 12.5 Å². The summed E-state index contributed by atoms with van der Waals surface area (Å²) >= 11 is 0. The van der Waals surface area contributed by atoms with E-state index < -0.39 is 0 Å². The zero-order valence-corrected chi connectivity index (χ0v) is 8.99. The van der Waals surface area contributed by atoms with Gasteiger partial charge >= 0.3 is 0 Å². The van der Waals surface area contributed by atoms with Crippen LogP contribution in [0, 0.1) is 5.92 Å². The second kappa shape index (κ2) is 6.19. The molecule has 1 aromatic heterocycles. The first-order valence-electron chi connectivity index (χ1n) is 5.19. The fraction of sp³-hybridized carbons (Fsp3) is 0.600. The fourth-order valence-corrected chi connectivity index (χ4v) is 1.30. The third kappa shape index (κ3) is 4.12. The third-order valence-electron chi connectivity index (χ3n) is 2.30. The first-order valence-corrected chi connectivity index (χ1v) is 5.19. The second-order valence-electron chi connectivity index (χ2n) is 3.60. The van der Waals surface area contributed by atoms with Gasteiger partial charge in [-0.2, -0.15) is 0 Å². The topological polar surface area (TPSA) is 83.8 Å². The number of nitrogens with zero attached hydrogens (tertiary/aromatic N) is 1. The van der Waals surface area contributed by atoms with Crippen LogP contribution in [0.25, 0.3) is 0 Å². The number of nitrogens with two attached hydrogens (primary N) is 1. The quantitative estimate of drug-likeness (QED) is 0.620. The average Bonchev–Trinajstić information content (AvgIpc) is 2.71. The van der Waals surface area contributed by atoms with Crippen LogP contribution >= 0.6 is 0 Å². The van der Waals surface area contributed by atoms with Crippen molar-refractivity contribution < 1.29 is 4.79 Å². The molecule has 0 aliphatic heterocycles. The fourth-order valence-electron chi connectivity index (χ4n) is 1.30. The first-order chi connectivity index (χ1) is 7.24. The van der Waals surface area contributed by atoms with Crippen molar-refractivity contribution in [2.75, 3.05) is 13.1 Å². The van der Waals surface area contributed by atoms with Crippen LogP contribution in [0.5, 0.6) is 0 Å². The molecule has 0 saturated heterocycles. The Labute approximate surface area is 89.5 Å². The Morgan fingerprint density at radius 1 is 1.73 bits per heavy atom. The average molecular weight is 210 g/mol. The molecule has 1 unspecified atom stereocenters. The molecule has 5 heteroatoms. The number of aromatic amines is 1. The zero-order valence-electron chi connectivity index (χ0n) is 8.99. The first kappa shape index (κ1) is 11.7. The van der Waals surface area contributed by atoms with Crippen LogP contribution < -0.4 is 11.1 Å². The molecule has 0 spiro atoms. The van der Waals surface area contributed by atoms with Gasteiger partial charge in [0.05, 0.1) is 6.33 Å². The van der Waals surface area contributed by atoms with Crippen molar-refractivity contribution in [3.63, 3.8) is 0 Å². The Hall–Kier alpha value is -1.36. The SMILES string of the molecule is CC(CCN)C(=O)NCCc1cnc[nH]1. The van der Waals surface area contributed by atoms with Crippen LogP contribution in [0.4, 0.5) is 0 Å². The highest BCUT2D eigenvalue weighted by Gasteiger charge is 2.10. The van der Waals surface area contributed by atoms with E-state index in [-0.39, 0.29) is 11.8 Å². The maximum Gasteiger partial charge on any atom is 0.222 e. The summed E-state index contributed by atoms with van der Waals surface area (Å²) in [5.41, 5.74) is 6.41. The summed E-state index contributed by atoms with van der Waals surface area (Å²) in [5.74, 6) is 0.0664. The number of hydrogen-bond acceptors (Lipinski definition) is 3. The van der Waals surface area contributed by atoms with E-state index in [0.29, 0.717) is 13.1 Å². The summed E-state index contributed by atoms with van der Waals surface area (Å²) in [5, 5.41) is 2.86. The van der Waals surface area contributed by atoms with Gasteiger partial charge in [-0.05, 0) is 13.0 Å². The highest BCUT2D eigenvalue weighted by Crippen LogP contribution is 1.99. The van der Waals surface area contributed by atoms with Gasteiger partial charge < -0.3 is 16.0 Å². The predicted octanol–water partition coefficient (Wildman–Crippen LogP) is 0.0533. The minimum absolute atomic E-state index is 0.00299. The third-order valence-corrected chi connectivity index (χ3v) is 2.30. The second-order valence-corrected chi connectivity index (χ2v) is 3.60. The van der Waals surface area contributed by atoms with E-state index in [0.717, 1.165) is 18.5 Å². The Morgan fingerprint density at radius 3 is 3.13 bits per heavy atom. The Morgan fingerprint density at radius 2 is 2.53 bits per heavy atom. The normalized spacial score (nSPS) is 12.4. The number of imidazole rings is 1. The molecule has 0 radical (unpaired) electrons. The van der Waals surface area contributed by atoms with Crippen molar-refractivity contribution in [2.24, 2.45) is 11.7 Å². The van der Waals surface area contributed by atoms with Crippen molar-refractivity contribution in [3.05, 3.63) is 18.2 Å². The number of carbonyl (C=O) groups is 1. The van der Waals surface area contributed by atoms with E-state index in [1.54, 1.807) is 12.5 Å². The molecule has 1 atom stereocenters. The molecule has 0 fully saturated rings. The molecule has 1 rings (SSSR count). The lowest BCUT2D eigenvalue weighted by molar-refractivity contribution is -0.124. The Balaban J connectivity index is 2.17. The minimum Gasteiger partial charge on any atom is -0.355 e. The van der Waals surface area contributed by atoms with E-state index in [1.165, 1.54) is 0 Å². The molecule has 4 N–H and O–H groups in total. The van der Waals surface area contributed by atoms with Gasteiger partial charge in [-0.3, -0.25) is 4.79 Å². The van der Waals surface area contributed by atoms with Crippen molar-refractivity contribution >= 4 is 5.91 Å². The van der Waals surface area contributed by atoms with Gasteiger partial charge in [-0.1, -0.05) is 6.92 Å². The van der Waals surface area contributed by atoms with Crippen molar-refractivity contribution in [2.45, 2.75) is 19.8 Å². The number of amides is 1. The molecule has 1 amide bonds. The van der Waals surface area contributed by atoms with Gasteiger partial charge in [0.2, 0.25) is 5.91 Å². The zero-order chi connectivity index (χ0) is 11.1. The van der Waals surface area contributed by atoms with Crippen molar-refractivity contribution in [3.8, 4) is 0 Å². The number of carbonyl (C=O) groups excluding carboxylic acids is 1. The molecule has 84 valence electrons. The van der Waals surface area contributed by atoms with Gasteiger partial charge in [0, 0.05) is 30.8 Å². The summed E-state index contributed by atoms with van der Waals surface area (Å²) in [6, 6.07) is 0. The standard InChI is InChI=1S/C10H18N4O/c1-8(2-4-11)10(15)13-5-3-9-6-12-7-14-9/h6-8H,2-5,11H2,1H3,(H,12,14)(H,13,15). The van der Waals surface area contributed by atoms with Gasteiger partial charge in [0.15, 0.2) is 0 Å². The minimum atomic E-state index is -0.00299. The van der Waals surface area contributed by atoms with E-state index in [4.69, 9.17) is 5.73 Å². The lowest BCUT2D eigenvalue weighted by atomic mass is 10.1. The monoisotopic (exact) mass is 210 g/mol. The maximum atomic E-state index is 11.5. The molecular formula is C10H18N4O. The number of rotatable bonds is 6. The Kier molecular flexibility index (Phi) is 4.83. The molecule has 1 heterocycles. The lowest BCUT2D eigenvalue weighted by Crippen LogP contribution is -2.31. The van der Waals surface area contributed by atoms with Gasteiger partial charge in [-0.15, -0.1) is 0 Å². The summed E-state index contributed by atoms with van der Waals surface area (Å²) in [6.07, 6.45) is 4.90. The highest BCUT2D eigenvalue weighted by molar-refractivity contribution is 5.78. The van der Waals surface area contributed by atoms with Gasteiger partial charge in [-0.25, -0.2) is 4.98 Å². The summed E-state index contributed by atoms with van der Waals surface area (Å²) in [4.78, 5) is 18.4. The largest absolute Gasteiger partial charge is 0.355 e. The van der Waals surface area contributed by atoms with Crippen LogP contribution in [0.3, 0.4) is 0 Å². The number of H-pyrrole nitrogens is 1. The van der Waals surface area contributed by atoms with Crippen molar-refractivity contribution in [1.29, 1.82) is 0 Å². The molecule has 0 aromatic carbocycles. The number of aromatic nitrogens is 2. The number of nitrogens with one attached hydrogen (secondary N) is 2. The van der Waals surface area contributed by atoms with Gasteiger partial charge in [0.25, 0.3) is 0 Å². The molecule has 5 nitrogen and oxygen atoms in total. The smallest absolute Gasteiger partial charge is 0.222 e. The van der Waals surface area contributed by atoms with Crippen LogP contribution in [-0.4, -0.2) is 29.0 Å². The molecular weight excluding hydrogens is 192 g/mol. The van der Waals surface area contributed by atoms with E-state index in [1.807, 2.05) is 6.92 Å². The van der Waals surface area contributed by atoms with Gasteiger partial charge in [0.1, 0.15) is 0 Å². The molecule has 0 saturated carbocycles. The predicted molar refractivity (Wildman–Crippen MR) is 58.1 cm³/mol. The summed E-state index contributed by atoms with van der Waals surface area (Å²) < 4.78 is 0. The molecule has 1 aromatic rings. The lowest BCUT2D eigenvalue weighted by Gasteiger charge is -2.10. The summed E-state index contributed by atoms with van der Waals surface area (Å²) in [7, 11) is 0. The summed E-state index contributed by atoms with van der Waals surface area (Å²) in [6.45, 7) is 3.07. The molecule has 0 aliphatic rings. The van der Waals surface area contributed by atoms with Crippen LogP contribution in [-0.2, 0) is 11.2 Å². The number of hydrogen-bond donors (Lipinski definition) is 3. The van der Waals surface area contributed by atoms with Crippen molar-refractivity contribution in [1.82, 2.24) is 15.3 Å².